The molecule has 268 valence electrons. The van der Waals surface area contributed by atoms with Crippen LogP contribution < -0.4 is 24.8 Å². The second-order valence-electron chi connectivity index (χ2n) is 16.6. The molecular weight excluding hydrogens is 751 g/mol. The van der Waals surface area contributed by atoms with E-state index < -0.39 is 0 Å². The SMILES string of the molecule is CC(C)(C)C1=CC[C-]=C1.CC1=C[CH-]C(C)(C)c2cc3c(cc21)-c1cc2c(cc1C3)C(C)(C)CC=C2C.[Cl-].[Cl-].[Zr+2]=[C](c1ccccc1)c1ccccc1. The van der Waals surface area contributed by atoms with Crippen molar-refractivity contribution in [1.82, 2.24) is 0 Å². The Bertz CT molecular complexity index is 1920. The fourth-order valence-electron chi connectivity index (χ4n) is 7.47. The van der Waals surface area contributed by atoms with E-state index in [1.165, 1.54) is 99.8 Å². The van der Waals surface area contributed by atoms with Crippen LogP contribution in [0.25, 0.3) is 22.3 Å². The van der Waals surface area contributed by atoms with E-state index in [0.717, 1.165) is 19.3 Å². The van der Waals surface area contributed by atoms with E-state index in [9.17, 15) is 0 Å². The Kier molecular flexibility index (Phi) is 13.3. The summed E-state index contributed by atoms with van der Waals surface area (Å²) in [5.41, 5.74) is 19.4. The second-order valence-corrected chi connectivity index (χ2v) is 17.8. The molecule has 0 radical (unpaired) electrons. The summed E-state index contributed by atoms with van der Waals surface area (Å²) in [4.78, 5) is 0. The van der Waals surface area contributed by atoms with Gasteiger partial charge in [-0.25, -0.2) is 18.6 Å². The molecule has 0 amide bonds. The molecule has 0 nitrogen and oxygen atoms in total. The van der Waals surface area contributed by atoms with Crippen LogP contribution in [-0.2, 0) is 41.5 Å². The first kappa shape index (κ1) is 41.8. The molecule has 0 saturated heterocycles. The molecule has 52 heavy (non-hydrogen) atoms. The Balaban J connectivity index is 0.000000203. The summed E-state index contributed by atoms with van der Waals surface area (Å²) >= 11 is 1.46. The van der Waals surface area contributed by atoms with Crippen molar-refractivity contribution in [2.45, 2.75) is 92.4 Å². The molecule has 0 aliphatic heterocycles. The molecular formula is C49H52Cl2Zr-2. The summed E-state index contributed by atoms with van der Waals surface area (Å²) in [6.45, 7) is 20.6. The number of fused-ring (bicyclic) bond motifs is 5. The summed E-state index contributed by atoms with van der Waals surface area (Å²) in [6, 6.07) is 31.1. The summed E-state index contributed by atoms with van der Waals surface area (Å²) in [7, 11) is 0. The molecule has 8 rings (SSSR count). The van der Waals surface area contributed by atoms with Crippen molar-refractivity contribution < 1.29 is 49.0 Å². The van der Waals surface area contributed by atoms with Gasteiger partial charge in [0.2, 0.25) is 0 Å². The van der Waals surface area contributed by atoms with Crippen LogP contribution in [0, 0.1) is 17.9 Å². The van der Waals surface area contributed by atoms with Gasteiger partial charge in [0.05, 0.1) is 0 Å². The molecule has 0 bridgehead atoms. The topological polar surface area (TPSA) is 0 Å². The van der Waals surface area contributed by atoms with E-state index >= 15 is 0 Å². The Hall–Kier alpha value is -2.96. The van der Waals surface area contributed by atoms with Gasteiger partial charge in [0, 0.05) is 0 Å². The number of hydrogen-bond acceptors (Lipinski definition) is 0. The molecule has 0 spiro atoms. The van der Waals surface area contributed by atoms with Crippen molar-refractivity contribution in [3.63, 3.8) is 0 Å². The molecule has 0 fully saturated rings. The van der Waals surface area contributed by atoms with Crippen LogP contribution in [0.2, 0.25) is 0 Å². The van der Waals surface area contributed by atoms with Gasteiger partial charge in [0.1, 0.15) is 0 Å². The van der Waals surface area contributed by atoms with Crippen molar-refractivity contribution in [2.24, 2.45) is 5.41 Å². The molecule has 4 aliphatic carbocycles. The number of allylic oxidation sites excluding steroid dienone is 8. The van der Waals surface area contributed by atoms with E-state index in [-0.39, 0.29) is 35.6 Å². The van der Waals surface area contributed by atoms with Gasteiger partial charge in [-0.1, -0.05) is 89.1 Å². The van der Waals surface area contributed by atoms with E-state index in [1.807, 2.05) is 0 Å². The van der Waals surface area contributed by atoms with Crippen molar-refractivity contribution in [2.75, 3.05) is 0 Å². The third-order valence-corrected chi connectivity index (χ3v) is 12.2. The summed E-state index contributed by atoms with van der Waals surface area (Å²) in [5, 5.41) is 0. The second kappa shape index (κ2) is 16.6. The van der Waals surface area contributed by atoms with Crippen LogP contribution in [0.15, 0.2) is 115 Å². The first-order valence-electron chi connectivity index (χ1n) is 18.2. The molecule has 4 aromatic rings. The average molecular weight is 803 g/mol. The summed E-state index contributed by atoms with van der Waals surface area (Å²) in [5.74, 6) is 0. The molecule has 3 heteroatoms. The number of hydrogen-bond donors (Lipinski definition) is 0. The van der Waals surface area contributed by atoms with Crippen LogP contribution in [-0.4, -0.2) is 3.21 Å². The van der Waals surface area contributed by atoms with Crippen LogP contribution >= 0.6 is 0 Å². The quantitative estimate of drug-likeness (QED) is 0.173. The summed E-state index contributed by atoms with van der Waals surface area (Å²) < 4.78 is 1.42. The van der Waals surface area contributed by atoms with Crippen molar-refractivity contribution in [3.8, 4) is 11.1 Å². The van der Waals surface area contributed by atoms with Gasteiger partial charge in [-0.3, -0.25) is 6.08 Å². The van der Waals surface area contributed by atoms with Crippen LogP contribution in [0.3, 0.4) is 0 Å². The van der Waals surface area contributed by atoms with Gasteiger partial charge in [0.15, 0.2) is 0 Å². The molecule has 4 aliphatic rings. The van der Waals surface area contributed by atoms with Gasteiger partial charge in [-0.2, -0.15) is 17.2 Å². The predicted molar refractivity (Wildman–Crippen MR) is 213 cm³/mol. The Morgan fingerprint density at radius 2 is 1.21 bits per heavy atom. The minimum atomic E-state index is 0. The van der Waals surface area contributed by atoms with Crippen molar-refractivity contribution in [1.29, 1.82) is 0 Å². The normalized spacial score (nSPS) is 16.5. The van der Waals surface area contributed by atoms with E-state index in [0.29, 0.717) is 5.41 Å². The fraction of sp³-hybridized carbons (Fsp3) is 0.306. The van der Waals surface area contributed by atoms with Gasteiger partial charge < -0.3 is 24.8 Å². The van der Waals surface area contributed by atoms with Gasteiger partial charge >= 0.3 is 99.2 Å². The number of rotatable bonds is 2. The fourth-order valence-corrected chi connectivity index (χ4v) is 8.29. The standard InChI is InChI=1S/C27H29.C13H10.C9H13.2ClH.Zr/c1-16-7-9-26(3,4)24-12-18-11-19-13-25-21(17(2)8-10-27(25,5)6)15-23(19)22(18)14-20(16)24;1-3-7-12(8-4-1)11-13-9-5-2-6-10-13;1-9(2,3)8-6-4-5-7-8;;;/h7-9,12-15H,10-11H2,1-6H3;1-10H;6-7H,4H2,1-3H3;2*1H;/q-1;;-1;;;+2/p-2. The van der Waals surface area contributed by atoms with E-state index in [1.54, 1.807) is 0 Å². The van der Waals surface area contributed by atoms with Crippen LogP contribution in [0.5, 0.6) is 0 Å². The van der Waals surface area contributed by atoms with E-state index in [4.69, 9.17) is 0 Å². The third kappa shape index (κ3) is 8.87. The van der Waals surface area contributed by atoms with Crippen LogP contribution in [0.1, 0.15) is 120 Å². The molecule has 0 N–H and O–H groups in total. The van der Waals surface area contributed by atoms with E-state index in [2.05, 4.69) is 184 Å². The molecule has 4 aromatic carbocycles. The predicted octanol–water partition coefficient (Wildman–Crippen LogP) is 6.77. The van der Waals surface area contributed by atoms with Crippen molar-refractivity contribution in [3.05, 3.63) is 172 Å². The van der Waals surface area contributed by atoms with Gasteiger partial charge in [0.25, 0.3) is 0 Å². The Morgan fingerprint density at radius 1 is 0.692 bits per heavy atom. The number of halogens is 2. The third-order valence-electron chi connectivity index (χ3n) is 10.8. The molecule has 0 unspecified atom stereocenters. The average Bonchev–Trinajstić information content (AvgIpc) is 3.77. The first-order valence-corrected chi connectivity index (χ1v) is 19.4. The van der Waals surface area contributed by atoms with Gasteiger partial charge in [-0.15, -0.1) is 18.9 Å². The zero-order valence-corrected chi connectivity index (χ0v) is 36.3. The Morgan fingerprint density at radius 3 is 1.69 bits per heavy atom. The first-order chi connectivity index (χ1) is 23.7. The molecule has 0 heterocycles. The Labute approximate surface area is 341 Å². The zero-order valence-electron chi connectivity index (χ0n) is 32.3. The van der Waals surface area contributed by atoms with Crippen LogP contribution in [0.4, 0.5) is 0 Å². The number of benzene rings is 4. The summed E-state index contributed by atoms with van der Waals surface area (Å²) in [6.07, 6.45) is 17.8. The van der Waals surface area contributed by atoms with Crippen molar-refractivity contribution >= 4 is 14.4 Å². The molecule has 0 atom stereocenters. The van der Waals surface area contributed by atoms with Gasteiger partial charge in [-0.05, 0) is 70.2 Å². The maximum atomic E-state index is 3.16. The maximum absolute atomic E-state index is 3.16. The minimum absolute atomic E-state index is 0. The molecule has 0 saturated carbocycles. The molecule has 0 aromatic heterocycles. The monoisotopic (exact) mass is 800 g/mol. The zero-order chi connectivity index (χ0) is 35.8.